The normalized spacial score (nSPS) is 19.0. The topological polar surface area (TPSA) is 96.6 Å². The van der Waals surface area contributed by atoms with Crippen molar-refractivity contribution in [1.82, 2.24) is 20.3 Å². The summed E-state index contributed by atoms with van der Waals surface area (Å²) in [6.45, 7) is 9.42. The van der Waals surface area contributed by atoms with E-state index in [0.717, 1.165) is 33.8 Å². The molecule has 3 heterocycles. The van der Waals surface area contributed by atoms with Gasteiger partial charge in [0, 0.05) is 29.1 Å². The van der Waals surface area contributed by atoms with Gasteiger partial charge in [0.25, 0.3) is 0 Å². The summed E-state index contributed by atoms with van der Waals surface area (Å²) in [7, 11) is 0. The van der Waals surface area contributed by atoms with Crippen LogP contribution in [-0.2, 0) is 11.3 Å². The van der Waals surface area contributed by atoms with E-state index in [-0.39, 0.29) is 18.0 Å². The summed E-state index contributed by atoms with van der Waals surface area (Å²) in [4.78, 5) is 22.8. The first-order chi connectivity index (χ1) is 14.3. The van der Waals surface area contributed by atoms with Crippen LogP contribution in [-0.4, -0.2) is 33.9 Å². The van der Waals surface area contributed by atoms with Gasteiger partial charge in [0.05, 0.1) is 24.2 Å². The fourth-order valence-electron chi connectivity index (χ4n) is 4.21. The maximum absolute atomic E-state index is 12.4. The van der Waals surface area contributed by atoms with Crippen LogP contribution in [0.25, 0.3) is 0 Å². The fourth-order valence-corrected chi connectivity index (χ4v) is 4.44. The van der Waals surface area contributed by atoms with Gasteiger partial charge in [-0.25, -0.2) is 15.4 Å². The molecule has 0 saturated heterocycles. The Morgan fingerprint density at radius 2 is 2.23 bits per heavy atom. The summed E-state index contributed by atoms with van der Waals surface area (Å²) in [6.07, 6.45) is 1.94. The van der Waals surface area contributed by atoms with Crippen molar-refractivity contribution in [1.29, 1.82) is 0 Å². The number of hydrogen-bond donors (Lipinski definition) is 2. The van der Waals surface area contributed by atoms with Gasteiger partial charge in [0.1, 0.15) is 24.5 Å². The first kappa shape index (κ1) is 20.7. The van der Waals surface area contributed by atoms with E-state index in [1.807, 2.05) is 36.7 Å². The SMILES string of the molecule is CCC(=O)N1CCOc2c(C(C)N3NC(C)c4c(N)ncnc43)cc(Cl)c(C)c2C1. The number of nitrogen functional groups attached to an aromatic ring is 1. The first-order valence-electron chi connectivity index (χ1n) is 10.2. The number of halogens is 1. The smallest absolute Gasteiger partial charge is 0.222 e. The summed E-state index contributed by atoms with van der Waals surface area (Å²) < 4.78 is 6.20. The molecule has 0 bridgehead atoms. The maximum atomic E-state index is 12.4. The molecule has 9 heteroatoms. The molecule has 2 aromatic rings. The Hall–Kier alpha value is -2.58. The molecule has 1 aromatic carbocycles. The molecule has 30 heavy (non-hydrogen) atoms. The summed E-state index contributed by atoms with van der Waals surface area (Å²) in [5, 5.41) is 2.64. The van der Waals surface area contributed by atoms with Crippen LogP contribution >= 0.6 is 11.6 Å². The van der Waals surface area contributed by atoms with Crippen molar-refractivity contribution in [3.8, 4) is 5.75 Å². The number of carbonyl (C=O) groups excluding carboxylic acids is 1. The number of hydrazine groups is 1. The lowest BCUT2D eigenvalue weighted by Crippen LogP contribution is -2.36. The van der Waals surface area contributed by atoms with Gasteiger partial charge in [0.15, 0.2) is 5.82 Å². The number of aromatic nitrogens is 2. The van der Waals surface area contributed by atoms with Gasteiger partial charge in [-0.15, -0.1) is 0 Å². The summed E-state index contributed by atoms with van der Waals surface area (Å²) in [6, 6.07) is 1.80. The molecule has 2 unspecified atom stereocenters. The molecule has 8 nitrogen and oxygen atoms in total. The van der Waals surface area contributed by atoms with Crippen molar-refractivity contribution in [2.75, 3.05) is 23.9 Å². The average Bonchev–Trinajstić information content (AvgIpc) is 2.93. The highest BCUT2D eigenvalue weighted by Gasteiger charge is 2.35. The van der Waals surface area contributed by atoms with Gasteiger partial charge >= 0.3 is 0 Å². The van der Waals surface area contributed by atoms with E-state index < -0.39 is 0 Å². The van der Waals surface area contributed by atoms with E-state index in [4.69, 9.17) is 22.1 Å². The second-order valence-corrected chi connectivity index (χ2v) is 8.20. The minimum absolute atomic E-state index is 0.0123. The van der Waals surface area contributed by atoms with Crippen LogP contribution in [0.3, 0.4) is 0 Å². The van der Waals surface area contributed by atoms with Crippen molar-refractivity contribution in [2.24, 2.45) is 0 Å². The van der Waals surface area contributed by atoms with Gasteiger partial charge < -0.3 is 15.4 Å². The summed E-state index contributed by atoms with van der Waals surface area (Å²) >= 11 is 6.63. The monoisotopic (exact) mass is 430 g/mol. The Morgan fingerprint density at radius 1 is 1.47 bits per heavy atom. The number of ether oxygens (including phenoxy) is 1. The van der Waals surface area contributed by atoms with Gasteiger partial charge in [-0.1, -0.05) is 18.5 Å². The molecular weight excluding hydrogens is 404 g/mol. The lowest BCUT2D eigenvalue weighted by Gasteiger charge is -2.29. The summed E-state index contributed by atoms with van der Waals surface area (Å²) in [5.74, 6) is 2.13. The molecule has 1 aromatic heterocycles. The number of benzene rings is 1. The molecule has 4 rings (SSSR count). The molecule has 2 aliphatic rings. The number of carbonyl (C=O) groups is 1. The zero-order chi connectivity index (χ0) is 21.6. The van der Waals surface area contributed by atoms with Gasteiger partial charge in [-0.3, -0.25) is 9.80 Å². The lowest BCUT2D eigenvalue weighted by molar-refractivity contribution is -0.131. The minimum Gasteiger partial charge on any atom is -0.491 e. The zero-order valence-electron chi connectivity index (χ0n) is 17.7. The van der Waals surface area contributed by atoms with E-state index in [1.54, 1.807) is 0 Å². The largest absolute Gasteiger partial charge is 0.491 e. The van der Waals surface area contributed by atoms with E-state index in [9.17, 15) is 4.79 Å². The molecule has 0 fully saturated rings. The van der Waals surface area contributed by atoms with Gasteiger partial charge in [-0.2, -0.15) is 0 Å². The van der Waals surface area contributed by atoms with Crippen molar-refractivity contribution in [3.05, 3.63) is 39.7 Å². The Kier molecular flexibility index (Phi) is 5.46. The zero-order valence-corrected chi connectivity index (χ0v) is 18.5. The van der Waals surface area contributed by atoms with Crippen LogP contribution < -0.4 is 20.9 Å². The number of nitrogens with one attached hydrogen (secondary N) is 1. The molecule has 0 saturated carbocycles. The molecule has 2 aliphatic heterocycles. The number of nitrogens with two attached hydrogens (primary N) is 1. The third-order valence-corrected chi connectivity index (χ3v) is 6.36. The van der Waals surface area contributed by atoms with Gasteiger partial charge in [0.2, 0.25) is 5.91 Å². The Morgan fingerprint density at radius 3 is 2.97 bits per heavy atom. The standard InChI is InChI=1S/C21H27ClN6O2/c1-5-17(29)27-6-7-30-19-14(8-16(22)11(2)15(19)9-27)13(4)28-21-18(12(3)26-28)20(23)24-10-25-21/h8,10,12-13,26H,5-7,9H2,1-4H3,(H2,23,24,25). The quantitative estimate of drug-likeness (QED) is 0.771. The molecule has 160 valence electrons. The van der Waals surface area contributed by atoms with Crippen LogP contribution in [0.2, 0.25) is 5.02 Å². The Balaban J connectivity index is 1.77. The van der Waals surface area contributed by atoms with Crippen LogP contribution in [0.1, 0.15) is 61.5 Å². The van der Waals surface area contributed by atoms with Crippen LogP contribution in [0, 0.1) is 6.92 Å². The second kappa shape index (κ2) is 7.92. The van der Waals surface area contributed by atoms with E-state index in [0.29, 0.717) is 37.0 Å². The number of fused-ring (bicyclic) bond motifs is 2. The highest BCUT2D eigenvalue weighted by atomic mass is 35.5. The third kappa shape index (κ3) is 3.33. The molecule has 0 spiro atoms. The first-order valence-corrected chi connectivity index (χ1v) is 10.6. The van der Waals surface area contributed by atoms with E-state index in [1.165, 1.54) is 6.33 Å². The van der Waals surface area contributed by atoms with Crippen LogP contribution in [0.15, 0.2) is 12.4 Å². The van der Waals surface area contributed by atoms with Crippen LogP contribution in [0.5, 0.6) is 5.75 Å². The molecule has 1 amide bonds. The molecule has 3 N–H and O–H groups in total. The lowest BCUT2D eigenvalue weighted by atomic mass is 9.98. The molecule has 2 atom stereocenters. The molecule has 0 radical (unpaired) electrons. The number of anilines is 2. The Labute approximate surface area is 181 Å². The predicted octanol–water partition coefficient (Wildman–Crippen LogP) is 3.30. The molecular formula is C21H27ClN6O2. The van der Waals surface area contributed by atoms with Crippen molar-refractivity contribution in [3.63, 3.8) is 0 Å². The number of amides is 1. The van der Waals surface area contributed by atoms with E-state index in [2.05, 4.69) is 22.3 Å². The van der Waals surface area contributed by atoms with Crippen molar-refractivity contribution < 1.29 is 9.53 Å². The van der Waals surface area contributed by atoms with Crippen LogP contribution in [0.4, 0.5) is 11.6 Å². The fraction of sp³-hybridized carbons (Fsp3) is 0.476. The predicted molar refractivity (Wildman–Crippen MR) is 116 cm³/mol. The number of hydrogen-bond acceptors (Lipinski definition) is 7. The second-order valence-electron chi connectivity index (χ2n) is 7.79. The molecule has 0 aliphatic carbocycles. The number of rotatable bonds is 3. The van der Waals surface area contributed by atoms with E-state index >= 15 is 0 Å². The minimum atomic E-state index is -0.136. The highest BCUT2D eigenvalue weighted by Crippen LogP contribution is 2.43. The third-order valence-electron chi connectivity index (χ3n) is 5.97. The van der Waals surface area contributed by atoms with Crippen molar-refractivity contribution >= 4 is 29.1 Å². The number of nitrogens with zero attached hydrogens (tertiary/aromatic N) is 4. The average molecular weight is 431 g/mol. The summed E-state index contributed by atoms with van der Waals surface area (Å²) in [5.41, 5.74) is 13.3. The Bertz CT molecular complexity index is 998. The van der Waals surface area contributed by atoms with Gasteiger partial charge in [-0.05, 0) is 32.4 Å². The van der Waals surface area contributed by atoms with Crippen molar-refractivity contribution in [2.45, 2.75) is 52.7 Å². The maximum Gasteiger partial charge on any atom is 0.222 e. The highest BCUT2D eigenvalue weighted by molar-refractivity contribution is 6.31.